The van der Waals surface area contributed by atoms with Gasteiger partial charge in [-0.1, -0.05) is 6.07 Å². The van der Waals surface area contributed by atoms with Gasteiger partial charge in [-0.2, -0.15) is 0 Å². The van der Waals surface area contributed by atoms with Crippen LogP contribution < -0.4 is 10.6 Å². The first-order valence-electron chi connectivity index (χ1n) is 7.27. The van der Waals surface area contributed by atoms with E-state index < -0.39 is 0 Å². The molecule has 0 radical (unpaired) electrons. The SMILES string of the molecule is Cc1ccc(CNc2ccc(C(=O)NC3CC3)cc2)nc1. The Kier molecular flexibility index (Phi) is 3.86. The van der Waals surface area contributed by atoms with Crippen molar-refractivity contribution in [1.29, 1.82) is 0 Å². The van der Waals surface area contributed by atoms with Gasteiger partial charge < -0.3 is 10.6 Å². The van der Waals surface area contributed by atoms with Crippen molar-refractivity contribution in [2.45, 2.75) is 32.4 Å². The summed E-state index contributed by atoms with van der Waals surface area (Å²) in [5, 5.41) is 6.29. The van der Waals surface area contributed by atoms with Gasteiger partial charge in [0, 0.05) is 23.5 Å². The van der Waals surface area contributed by atoms with E-state index in [1.54, 1.807) is 0 Å². The average Bonchev–Trinajstić information content (AvgIpc) is 3.31. The second-order valence-corrected chi connectivity index (χ2v) is 5.51. The van der Waals surface area contributed by atoms with Crippen molar-refractivity contribution in [3.8, 4) is 0 Å². The summed E-state index contributed by atoms with van der Waals surface area (Å²) in [7, 11) is 0. The number of amides is 1. The smallest absolute Gasteiger partial charge is 0.251 e. The van der Waals surface area contributed by atoms with Gasteiger partial charge in [0.2, 0.25) is 0 Å². The van der Waals surface area contributed by atoms with Crippen LogP contribution in [0.1, 0.15) is 34.5 Å². The fourth-order valence-electron chi connectivity index (χ4n) is 2.03. The number of hydrogen-bond acceptors (Lipinski definition) is 3. The maximum Gasteiger partial charge on any atom is 0.251 e. The van der Waals surface area contributed by atoms with E-state index in [2.05, 4.69) is 21.7 Å². The molecule has 0 spiro atoms. The summed E-state index contributed by atoms with van der Waals surface area (Å²) in [5.41, 5.74) is 3.85. The number of nitrogens with one attached hydrogen (secondary N) is 2. The third-order valence-electron chi connectivity index (χ3n) is 3.51. The molecule has 21 heavy (non-hydrogen) atoms. The van der Waals surface area contributed by atoms with E-state index in [1.165, 1.54) is 0 Å². The number of nitrogens with zero attached hydrogens (tertiary/aromatic N) is 1. The molecule has 2 aromatic rings. The average molecular weight is 281 g/mol. The van der Waals surface area contributed by atoms with Crippen molar-refractivity contribution in [1.82, 2.24) is 10.3 Å². The van der Waals surface area contributed by atoms with Crippen LogP contribution in [-0.4, -0.2) is 16.9 Å². The summed E-state index contributed by atoms with van der Waals surface area (Å²) >= 11 is 0. The molecular formula is C17H19N3O. The zero-order chi connectivity index (χ0) is 14.7. The van der Waals surface area contributed by atoms with Crippen LogP contribution >= 0.6 is 0 Å². The van der Waals surface area contributed by atoms with Gasteiger partial charge in [-0.25, -0.2) is 0 Å². The number of anilines is 1. The van der Waals surface area contributed by atoms with Crippen molar-refractivity contribution in [3.63, 3.8) is 0 Å². The van der Waals surface area contributed by atoms with Crippen molar-refractivity contribution in [3.05, 3.63) is 59.4 Å². The van der Waals surface area contributed by atoms with Crippen LogP contribution in [0.3, 0.4) is 0 Å². The molecule has 1 aromatic carbocycles. The number of aromatic nitrogens is 1. The molecule has 3 rings (SSSR count). The zero-order valence-corrected chi connectivity index (χ0v) is 12.1. The maximum absolute atomic E-state index is 11.9. The molecule has 0 bridgehead atoms. The normalized spacial score (nSPS) is 13.8. The highest BCUT2D eigenvalue weighted by Gasteiger charge is 2.23. The molecule has 1 fully saturated rings. The lowest BCUT2D eigenvalue weighted by Gasteiger charge is -2.08. The number of benzene rings is 1. The minimum absolute atomic E-state index is 0.0178. The van der Waals surface area contributed by atoms with Crippen molar-refractivity contribution in [2.75, 3.05) is 5.32 Å². The Morgan fingerprint density at radius 2 is 1.95 bits per heavy atom. The molecule has 1 aliphatic rings. The van der Waals surface area contributed by atoms with Crippen molar-refractivity contribution in [2.24, 2.45) is 0 Å². The van der Waals surface area contributed by atoms with Crippen LogP contribution in [0.5, 0.6) is 0 Å². The topological polar surface area (TPSA) is 54.0 Å². The number of aryl methyl sites for hydroxylation is 1. The number of rotatable bonds is 5. The minimum Gasteiger partial charge on any atom is -0.379 e. The predicted octanol–water partition coefficient (Wildman–Crippen LogP) is 2.89. The van der Waals surface area contributed by atoms with Crippen molar-refractivity contribution >= 4 is 11.6 Å². The number of hydrogen-bond donors (Lipinski definition) is 2. The zero-order valence-electron chi connectivity index (χ0n) is 12.1. The van der Waals surface area contributed by atoms with E-state index in [9.17, 15) is 4.79 Å². The van der Waals surface area contributed by atoms with E-state index in [4.69, 9.17) is 0 Å². The Morgan fingerprint density at radius 1 is 1.19 bits per heavy atom. The lowest BCUT2D eigenvalue weighted by atomic mass is 10.2. The summed E-state index contributed by atoms with van der Waals surface area (Å²) in [5.74, 6) is 0.0178. The van der Waals surface area contributed by atoms with E-state index >= 15 is 0 Å². The van der Waals surface area contributed by atoms with Crippen LogP contribution in [0, 0.1) is 6.92 Å². The van der Waals surface area contributed by atoms with Gasteiger partial charge in [0.1, 0.15) is 0 Å². The van der Waals surface area contributed by atoms with E-state index in [-0.39, 0.29) is 5.91 Å². The number of carbonyl (C=O) groups excluding carboxylic acids is 1. The fourth-order valence-corrected chi connectivity index (χ4v) is 2.03. The minimum atomic E-state index is 0.0178. The highest BCUT2D eigenvalue weighted by molar-refractivity contribution is 5.94. The molecule has 1 aromatic heterocycles. The monoisotopic (exact) mass is 281 g/mol. The lowest BCUT2D eigenvalue weighted by molar-refractivity contribution is 0.0951. The largest absolute Gasteiger partial charge is 0.379 e. The van der Waals surface area contributed by atoms with Gasteiger partial charge in [-0.15, -0.1) is 0 Å². The summed E-state index contributed by atoms with van der Waals surface area (Å²) in [4.78, 5) is 16.2. The van der Waals surface area contributed by atoms with Crippen LogP contribution in [0.2, 0.25) is 0 Å². The van der Waals surface area contributed by atoms with Gasteiger partial charge in [-0.3, -0.25) is 9.78 Å². The Balaban J connectivity index is 1.56. The molecule has 0 aliphatic heterocycles. The maximum atomic E-state index is 11.9. The second kappa shape index (κ2) is 5.95. The first-order chi connectivity index (χ1) is 10.2. The van der Waals surface area contributed by atoms with Gasteiger partial charge in [0.25, 0.3) is 5.91 Å². The van der Waals surface area contributed by atoms with Crippen molar-refractivity contribution < 1.29 is 4.79 Å². The van der Waals surface area contributed by atoms with Gasteiger partial charge in [0.05, 0.1) is 12.2 Å². The Hall–Kier alpha value is -2.36. The summed E-state index contributed by atoms with van der Waals surface area (Å²) in [6.45, 7) is 2.70. The molecule has 4 heteroatoms. The van der Waals surface area contributed by atoms with E-state index in [1.807, 2.05) is 43.5 Å². The molecule has 1 heterocycles. The van der Waals surface area contributed by atoms with Crippen LogP contribution in [-0.2, 0) is 6.54 Å². The molecule has 2 N–H and O–H groups in total. The molecule has 1 saturated carbocycles. The standard InChI is InChI=1S/C17H19N3O/c1-12-2-5-16(18-10-12)11-19-14-6-3-13(4-7-14)17(21)20-15-8-9-15/h2-7,10,15,19H,8-9,11H2,1H3,(H,20,21). The summed E-state index contributed by atoms with van der Waals surface area (Å²) < 4.78 is 0. The summed E-state index contributed by atoms with van der Waals surface area (Å²) in [6, 6.07) is 12.0. The Labute approximate surface area is 124 Å². The predicted molar refractivity (Wildman–Crippen MR) is 83.2 cm³/mol. The number of carbonyl (C=O) groups is 1. The summed E-state index contributed by atoms with van der Waals surface area (Å²) in [6.07, 6.45) is 4.08. The first-order valence-corrected chi connectivity index (χ1v) is 7.27. The fraction of sp³-hybridized carbons (Fsp3) is 0.294. The molecule has 1 amide bonds. The molecule has 1 aliphatic carbocycles. The van der Waals surface area contributed by atoms with Crippen LogP contribution in [0.4, 0.5) is 5.69 Å². The lowest BCUT2D eigenvalue weighted by Crippen LogP contribution is -2.25. The highest BCUT2D eigenvalue weighted by atomic mass is 16.1. The first kappa shape index (κ1) is 13.6. The quantitative estimate of drug-likeness (QED) is 0.886. The van der Waals surface area contributed by atoms with E-state index in [0.717, 1.165) is 29.8 Å². The molecule has 0 saturated heterocycles. The van der Waals surface area contributed by atoms with Crippen LogP contribution in [0.15, 0.2) is 42.6 Å². The third kappa shape index (κ3) is 3.81. The van der Waals surface area contributed by atoms with Gasteiger partial charge >= 0.3 is 0 Å². The molecule has 4 nitrogen and oxygen atoms in total. The molecule has 108 valence electrons. The molecule has 0 atom stereocenters. The van der Waals surface area contributed by atoms with E-state index in [0.29, 0.717) is 18.2 Å². The molecular weight excluding hydrogens is 262 g/mol. The third-order valence-corrected chi connectivity index (χ3v) is 3.51. The second-order valence-electron chi connectivity index (χ2n) is 5.51. The van der Waals surface area contributed by atoms with Gasteiger partial charge in [-0.05, 0) is 55.7 Å². The van der Waals surface area contributed by atoms with Gasteiger partial charge in [0.15, 0.2) is 0 Å². The number of pyridine rings is 1. The molecule has 0 unspecified atom stereocenters. The van der Waals surface area contributed by atoms with Crippen LogP contribution in [0.25, 0.3) is 0 Å². The Morgan fingerprint density at radius 3 is 2.57 bits per heavy atom. The highest BCUT2D eigenvalue weighted by Crippen LogP contribution is 2.19. The Bertz CT molecular complexity index is 615.